The van der Waals surface area contributed by atoms with E-state index in [1.807, 2.05) is 38.1 Å². The van der Waals surface area contributed by atoms with Crippen molar-refractivity contribution in [3.05, 3.63) is 52.1 Å². The van der Waals surface area contributed by atoms with Crippen LogP contribution in [-0.2, 0) is 10.0 Å². The molecule has 2 aromatic carbocycles. The minimum absolute atomic E-state index is 0.0275. The number of piperazine rings is 1. The first-order chi connectivity index (χ1) is 14.3. The molecule has 0 spiro atoms. The largest absolute Gasteiger partial charge is 0.497 e. The lowest BCUT2D eigenvalue weighted by atomic mass is 10.2. The van der Waals surface area contributed by atoms with E-state index in [9.17, 15) is 13.2 Å². The summed E-state index contributed by atoms with van der Waals surface area (Å²) in [5.74, 6) is 0.795. The number of benzene rings is 2. The van der Waals surface area contributed by atoms with Crippen molar-refractivity contribution in [2.45, 2.75) is 24.8 Å². The Balaban J connectivity index is 1.53. The maximum Gasteiger partial charge on any atom is 0.308 e. The molecule has 0 amide bonds. The molecule has 160 valence electrons. The summed E-state index contributed by atoms with van der Waals surface area (Å²) in [5.41, 5.74) is 1.83. The number of ether oxygens (including phenoxy) is 1. The lowest BCUT2D eigenvalue weighted by Gasteiger charge is -2.35. The van der Waals surface area contributed by atoms with Gasteiger partial charge < -0.3 is 9.64 Å². The third kappa shape index (κ3) is 3.73. The van der Waals surface area contributed by atoms with Gasteiger partial charge in [0.25, 0.3) is 0 Å². The van der Waals surface area contributed by atoms with Gasteiger partial charge in [-0.05, 0) is 56.3 Å². The molecule has 3 aromatic rings. The molecular formula is C21H25N3O4S2. The van der Waals surface area contributed by atoms with Crippen LogP contribution in [0.2, 0.25) is 0 Å². The van der Waals surface area contributed by atoms with E-state index in [1.54, 1.807) is 29.9 Å². The Labute approximate surface area is 180 Å². The first-order valence-corrected chi connectivity index (χ1v) is 12.1. The molecule has 4 rings (SSSR count). The molecule has 0 saturated carbocycles. The maximum atomic E-state index is 13.2. The van der Waals surface area contributed by atoms with E-state index in [0.29, 0.717) is 30.9 Å². The van der Waals surface area contributed by atoms with E-state index >= 15 is 0 Å². The van der Waals surface area contributed by atoms with E-state index < -0.39 is 10.0 Å². The maximum absolute atomic E-state index is 13.2. The van der Waals surface area contributed by atoms with Gasteiger partial charge in [-0.3, -0.25) is 9.36 Å². The average molecular weight is 448 g/mol. The van der Waals surface area contributed by atoms with Crippen molar-refractivity contribution in [2.75, 3.05) is 38.2 Å². The Hall–Kier alpha value is -2.36. The SMILES string of the molecule is COc1ccc(N2CCN(S(=O)(=O)c3ccc4c(c3)sc(=O)n4C(C)C)CC2)cc1. The highest BCUT2D eigenvalue weighted by molar-refractivity contribution is 7.89. The molecule has 1 aliphatic heterocycles. The van der Waals surface area contributed by atoms with Crippen molar-refractivity contribution in [3.63, 3.8) is 0 Å². The number of hydrogen-bond donors (Lipinski definition) is 0. The summed E-state index contributed by atoms with van der Waals surface area (Å²) in [4.78, 5) is 14.6. The molecule has 0 radical (unpaired) electrons. The van der Waals surface area contributed by atoms with E-state index in [-0.39, 0.29) is 15.8 Å². The van der Waals surface area contributed by atoms with Crippen LogP contribution in [0.3, 0.4) is 0 Å². The summed E-state index contributed by atoms with van der Waals surface area (Å²) in [6, 6.07) is 12.8. The number of nitrogens with zero attached hydrogens (tertiary/aromatic N) is 3. The standard InChI is InChI=1S/C21H25N3O4S2/c1-15(2)24-19-9-8-18(14-20(19)29-21(24)25)30(26,27)23-12-10-22(11-13-23)16-4-6-17(28-3)7-5-16/h4-9,14-15H,10-13H2,1-3H3. The van der Waals surface area contributed by atoms with Crippen molar-refractivity contribution in [2.24, 2.45) is 0 Å². The van der Waals surface area contributed by atoms with E-state index in [0.717, 1.165) is 28.3 Å². The third-order valence-corrected chi connectivity index (χ3v) is 8.23. The molecule has 0 bridgehead atoms. The Morgan fingerprint density at radius 3 is 2.27 bits per heavy atom. The first kappa shape index (κ1) is 20.9. The van der Waals surface area contributed by atoms with Crippen molar-refractivity contribution in [3.8, 4) is 5.75 Å². The molecule has 0 unspecified atom stereocenters. The molecule has 1 aromatic heterocycles. The van der Waals surface area contributed by atoms with Gasteiger partial charge in [-0.15, -0.1) is 0 Å². The minimum Gasteiger partial charge on any atom is -0.497 e. The molecule has 1 fully saturated rings. The highest BCUT2D eigenvalue weighted by Crippen LogP contribution is 2.27. The number of sulfonamides is 1. The van der Waals surface area contributed by atoms with Gasteiger partial charge in [0.2, 0.25) is 10.0 Å². The normalized spacial score (nSPS) is 15.8. The van der Waals surface area contributed by atoms with Gasteiger partial charge in [0.1, 0.15) is 5.75 Å². The summed E-state index contributed by atoms with van der Waals surface area (Å²) in [5, 5.41) is 0. The second kappa shape index (κ2) is 8.05. The number of thiazole rings is 1. The van der Waals surface area contributed by atoms with Crippen LogP contribution >= 0.6 is 11.3 Å². The molecular weight excluding hydrogens is 422 g/mol. The zero-order chi connectivity index (χ0) is 21.5. The quantitative estimate of drug-likeness (QED) is 0.601. The van der Waals surface area contributed by atoms with Crippen molar-refractivity contribution in [1.82, 2.24) is 8.87 Å². The Kier molecular flexibility index (Phi) is 5.61. The Bertz CT molecular complexity index is 1210. The Morgan fingerprint density at radius 2 is 1.67 bits per heavy atom. The topological polar surface area (TPSA) is 71.8 Å². The molecule has 0 aliphatic carbocycles. The third-order valence-electron chi connectivity index (χ3n) is 5.42. The van der Waals surface area contributed by atoms with Gasteiger partial charge in [-0.2, -0.15) is 4.31 Å². The van der Waals surface area contributed by atoms with Crippen LogP contribution in [0.1, 0.15) is 19.9 Å². The predicted octanol–water partition coefficient (Wildman–Crippen LogP) is 3.16. The van der Waals surface area contributed by atoms with Crippen LogP contribution in [0, 0.1) is 0 Å². The highest BCUT2D eigenvalue weighted by Gasteiger charge is 2.29. The summed E-state index contributed by atoms with van der Waals surface area (Å²) < 4.78 is 35.5. The molecule has 7 nitrogen and oxygen atoms in total. The lowest BCUT2D eigenvalue weighted by molar-refractivity contribution is 0.385. The van der Waals surface area contributed by atoms with E-state index in [4.69, 9.17) is 4.74 Å². The van der Waals surface area contributed by atoms with Gasteiger partial charge in [-0.1, -0.05) is 11.3 Å². The van der Waals surface area contributed by atoms with Gasteiger partial charge in [0, 0.05) is 37.9 Å². The van der Waals surface area contributed by atoms with Crippen LogP contribution < -0.4 is 14.5 Å². The van der Waals surface area contributed by atoms with Gasteiger partial charge >= 0.3 is 4.87 Å². The molecule has 0 N–H and O–H groups in total. The fourth-order valence-electron chi connectivity index (χ4n) is 3.80. The first-order valence-electron chi connectivity index (χ1n) is 9.85. The molecule has 9 heteroatoms. The predicted molar refractivity (Wildman–Crippen MR) is 120 cm³/mol. The Morgan fingerprint density at radius 1 is 1.00 bits per heavy atom. The summed E-state index contributed by atoms with van der Waals surface area (Å²) in [6.07, 6.45) is 0. The highest BCUT2D eigenvalue weighted by atomic mass is 32.2. The number of methoxy groups -OCH3 is 1. The molecule has 1 saturated heterocycles. The molecule has 30 heavy (non-hydrogen) atoms. The lowest BCUT2D eigenvalue weighted by Crippen LogP contribution is -2.48. The molecule has 1 aliphatic rings. The second-order valence-electron chi connectivity index (χ2n) is 7.55. The van der Waals surface area contributed by atoms with E-state index in [2.05, 4.69) is 4.90 Å². The van der Waals surface area contributed by atoms with Crippen LogP contribution in [0.15, 0.2) is 52.2 Å². The zero-order valence-electron chi connectivity index (χ0n) is 17.2. The monoisotopic (exact) mass is 447 g/mol. The van der Waals surface area contributed by atoms with Gasteiger partial charge in [-0.25, -0.2) is 8.42 Å². The van der Waals surface area contributed by atoms with Gasteiger partial charge in [0.15, 0.2) is 0 Å². The number of aromatic nitrogens is 1. The fraction of sp³-hybridized carbons (Fsp3) is 0.381. The fourth-order valence-corrected chi connectivity index (χ4v) is 6.37. The molecule has 0 atom stereocenters. The number of fused-ring (bicyclic) bond motifs is 1. The van der Waals surface area contributed by atoms with Crippen LogP contribution in [0.25, 0.3) is 10.2 Å². The average Bonchev–Trinajstić information content (AvgIpc) is 3.09. The number of rotatable bonds is 5. The van der Waals surface area contributed by atoms with Gasteiger partial charge in [0.05, 0.1) is 22.2 Å². The van der Waals surface area contributed by atoms with Crippen molar-refractivity contribution < 1.29 is 13.2 Å². The number of hydrogen-bond acceptors (Lipinski definition) is 6. The zero-order valence-corrected chi connectivity index (χ0v) is 18.9. The summed E-state index contributed by atoms with van der Waals surface area (Å²) >= 11 is 1.09. The van der Waals surface area contributed by atoms with E-state index in [1.165, 1.54) is 4.31 Å². The number of anilines is 1. The van der Waals surface area contributed by atoms with Crippen molar-refractivity contribution >= 4 is 37.3 Å². The summed E-state index contributed by atoms with van der Waals surface area (Å²) in [7, 11) is -1.98. The van der Waals surface area contributed by atoms with Crippen molar-refractivity contribution in [1.29, 1.82) is 0 Å². The minimum atomic E-state index is -3.61. The molecule has 2 heterocycles. The van der Waals surface area contributed by atoms with Crippen LogP contribution in [0.5, 0.6) is 5.75 Å². The smallest absolute Gasteiger partial charge is 0.308 e. The summed E-state index contributed by atoms with van der Waals surface area (Å²) in [6.45, 7) is 5.95. The second-order valence-corrected chi connectivity index (χ2v) is 10.5. The van der Waals surface area contributed by atoms with Crippen LogP contribution in [-0.4, -0.2) is 50.6 Å². The van der Waals surface area contributed by atoms with Crippen LogP contribution in [0.4, 0.5) is 5.69 Å².